The smallest absolute Gasteiger partial charge is 0.339 e. The zero-order valence-electron chi connectivity index (χ0n) is 17.2. The summed E-state index contributed by atoms with van der Waals surface area (Å²) in [6, 6.07) is 14.3. The number of rotatable bonds is 8. The highest BCUT2D eigenvalue weighted by atomic mass is 32.2. The maximum atomic E-state index is 12.3. The van der Waals surface area contributed by atoms with Crippen LogP contribution in [0.1, 0.15) is 34.2 Å². The summed E-state index contributed by atoms with van der Waals surface area (Å²) >= 11 is 1.80. The van der Waals surface area contributed by atoms with E-state index in [0.29, 0.717) is 24.1 Å². The maximum absolute atomic E-state index is 12.3. The molecule has 1 N–H and O–H groups in total. The second-order valence-electron chi connectivity index (χ2n) is 7.38. The van der Waals surface area contributed by atoms with Gasteiger partial charge < -0.3 is 9.73 Å². The van der Waals surface area contributed by atoms with Crippen molar-refractivity contribution in [2.24, 2.45) is 0 Å². The molecule has 3 rings (SSSR count). The largest absolute Gasteiger partial charge is 0.423 e. The van der Waals surface area contributed by atoms with Gasteiger partial charge in [0.25, 0.3) is 0 Å². The van der Waals surface area contributed by atoms with Crippen molar-refractivity contribution in [2.75, 3.05) is 12.3 Å². The predicted molar refractivity (Wildman–Crippen MR) is 121 cm³/mol. The lowest BCUT2D eigenvalue weighted by atomic mass is 10.0. The van der Waals surface area contributed by atoms with Crippen LogP contribution in [-0.4, -0.2) is 18.2 Å². The third-order valence-corrected chi connectivity index (χ3v) is 6.03. The van der Waals surface area contributed by atoms with Gasteiger partial charge in [0.1, 0.15) is 5.58 Å². The SMILES string of the molecule is Cc1ccc(CSCCNC(=O)CCc2c(C)c3ccc(C)cc3oc2=O)cc1. The van der Waals surface area contributed by atoms with Crippen molar-refractivity contribution in [1.82, 2.24) is 5.32 Å². The molecule has 0 spiro atoms. The molecule has 0 saturated heterocycles. The second kappa shape index (κ2) is 9.79. The predicted octanol–water partition coefficient (Wildman–Crippen LogP) is 4.70. The van der Waals surface area contributed by atoms with Crippen molar-refractivity contribution in [3.63, 3.8) is 0 Å². The summed E-state index contributed by atoms with van der Waals surface area (Å²) in [5.41, 5.74) is 5.35. The van der Waals surface area contributed by atoms with Gasteiger partial charge in [-0.05, 0) is 49.9 Å². The fourth-order valence-electron chi connectivity index (χ4n) is 3.25. The molecule has 1 amide bonds. The summed E-state index contributed by atoms with van der Waals surface area (Å²) in [6.07, 6.45) is 0.673. The van der Waals surface area contributed by atoms with Crippen LogP contribution in [0, 0.1) is 20.8 Å². The first-order chi connectivity index (χ1) is 13.9. The van der Waals surface area contributed by atoms with Gasteiger partial charge in [0, 0.05) is 35.4 Å². The van der Waals surface area contributed by atoms with Gasteiger partial charge in [-0.2, -0.15) is 11.8 Å². The summed E-state index contributed by atoms with van der Waals surface area (Å²) in [5, 5.41) is 3.87. The van der Waals surface area contributed by atoms with Crippen molar-refractivity contribution >= 4 is 28.6 Å². The van der Waals surface area contributed by atoms with Crippen molar-refractivity contribution in [3.05, 3.63) is 80.7 Å². The van der Waals surface area contributed by atoms with E-state index in [2.05, 4.69) is 36.5 Å². The highest BCUT2D eigenvalue weighted by molar-refractivity contribution is 7.98. The molecule has 0 unspecified atom stereocenters. The van der Waals surface area contributed by atoms with Crippen molar-refractivity contribution in [1.29, 1.82) is 0 Å². The van der Waals surface area contributed by atoms with Crippen LogP contribution in [0.25, 0.3) is 11.0 Å². The van der Waals surface area contributed by atoms with Gasteiger partial charge in [-0.1, -0.05) is 42.0 Å². The number of amides is 1. The summed E-state index contributed by atoms with van der Waals surface area (Å²) < 4.78 is 5.46. The first-order valence-electron chi connectivity index (χ1n) is 9.87. The number of hydrogen-bond donors (Lipinski definition) is 1. The van der Waals surface area contributed by atoms with Crippen molar-refractivity contribution in [2.45, 2.75) is 39.4 Å². The van der Waals surface area contributed by atoms with Gasteiger partial charge in [0.05, 0.1) is 0 Å². The molecule has 0 saturated carbocycles. The molecule has 29 heavy (non-hydrogen) atoms. The molecular weight excluding hydrogens is 382 g/mol. The van der Waals surface area contributed by atoms with E-state index in [1.54, 1.807) is 11.8 Å². The maximum Gasteiger partial charge on any atom is 0.339 e. The van der Waals surface area contributed by atoms with Crippen LogP contribution in [-0.2, 0) is 17.0 Å². The molecule has 152 valence electrons. The lowest BCUT2D eigenvalue weighted by Crippen LogP contribution is -2.26. The minimum atomic E-state index is -0.345. The normalized spacial score (nSPS) is 11.0. The zero-order chi connectivity index (χ0) is 20.8. The molecule has 0 bridgehead atoms. The summed E-state index contributed by atoms with van der Waals surface area (Å²) in [4.78, 5) is 24.5. The molecular formula is C24H27NO3S. The lowest BCUT2D eigenvalue weighted by molar-refractivity contribution is -0.120. The highest BCUT2D eigenvalue weighted by Crippen LogP contribution is 2.21. The standard InChI is InChI=1S/C24H27NO3S/c1-16-4-7-19(8-5-16)15-29-13-12-25-23(26)11-10-21-18(3)20-9-6-17(2)14-22(20)28-24(21)27/h4-9,14H,10-13,15H2,1-3H3,(H,25,26). The van der Waals surface area contributed by atoms with Gasteiger partial charge in [-0.25, -0.2) is 4.79 Å². The van der Waals surface area contributed by atoms with Crippen molar-refractivity contribution in [3.8, 4) is 0 Å². The lowest BCUT2D eigenvalue weighted by Gasteiger charge is -2.09. The number of carbonyl (C=O) groups is 1. The Bertz CT molecular complexity index is 1050. The van der Waals surface area contributed by atoms with Gasteiger partial charge in [-0.3, -0.25) is 4.79 Å². The quantitative estimate of drug-likeness (QED) is 0.433. The zero-order valence-corrected chi connectivity index (χ0v) is 18.0. The van der Waals surface area contributed by atoms with E-state index in [4.69, 9.17) is 4.42 Å². The van der Waals surface area contributed by atoms with E-state index in [1.807, 2.05) is 32.0 Å². The molecule has 0 fully saturated rings. The van der Waals surface area contributed by atoms with Crippen LogP contribution >= 0.6 is 11.8 Å². The van der Waals surface area contributed by atoms with E-state index in [0.717, 1.165) is 28.0 Å². The van der Waals surface area contributed by atoms with Crippen LogP contribution in [0.3, 0.4) is 0 Å². The number of aryl methyl sites for hydroxylation is 3. The highest BCUT2D eigenvalue weighted by Gasteiger charge is 2.13. The minimum Gasteiger partial charge on any atom is -0.423 e. The van der Waals surface area contributed by atoms with E-state index in [-0.39, 0.29) is 18.0 Å². The number of benzene rings is 2. The molecule has 2 aromatic carbocycles. The van der Waals surface area contributed by atoms with Gasteiger partial charge >= 0.3 is 5.63 Å². The Labute approximate surface area is 175 Å². The molecule has 0 radical (unpaired) electrons. The first kappa shape index (κ1) is 21.2. The molecule has 0 aliphatic rings. The number of thioether (sulfide) groups is 1. The molecule has 1 heterocycles. The van der Waals surface area contributed by atoms with Gasteiger partial charge in [0.15, 0.2) is 0 Å². The van der Waals surface area contributed by atoms with Crippen LogP contribution in [0.2, 0.25) is 0 Å². The molecule has 0 aliphatic carbocycles. The third-order valence-electron chi connectivity index (χ3n) is 5.00. The average molecular weight is 410 g/mol. The van der Waals surface area contributed by atoms with Crippen LogP contribution in [0.15, 0.2) is 51.7 Å². The van der Waals surface area contributed by atoms with Gasteiger partial charge in [-0.15, -0.1) is 0 Å². The fraction of sp³-hybridized carbons (Fsp3) is 0.333. The number of fused-ring (bicyclic) bond motifs is 1. The summed E-state index contributed by atoms with van der Waals surface area (Å²) in [6.45, 7) is 6.59. The monoisotopic (exact) mass is 409 g/mol. The van der Waals surface area contributed by atoms with Gasteiger partial charge in [0.2, 0.25) is 5.91 Å². The molecule has 1 aromatic heterocycles. The van der Waals surface area contributed by atoms with E-state index >= 15 is 0 Å². The first-order valence-corrected chi connectivity index (χ1v) is 11.0. The van der Waals surface area contributed by atoms with Crippen LogP contribution < -0.4 is 10.9 Å². The molecule has 3 aromatic rings. The Hall–Kier alpha value is -2.53. The number of hydrogen-bond acceptors (Lipinski definition) is 4. The van der Waals surface area contributed by atoms with E-state index < -0.39 is 0 Å². The Kier molecular flexibility index (Phi) is 7.15. The Morgan fingerprint density at radius 3 is 2.52 bits per heavy atom. The molecule has 0 aliphatic heterocycles. The van der Waals surface area contributed by atoms with Crippen molar-refractivity contribution < 1.29 is 9.21 Å². The Balaban J connectivity index is 1.46. The second-order valence-corrected chi connectivity index (χ2v) is 8.49. The Morgan fingerprint density at radius 1 is 1.03 bits per heavy atom. The topological polar surface area (TPSA) is 59.3 Å². The third kappa shape index (κ3) is 5.73. The van der Waals surface area contributed by atoms with E-state index in [1.165, 1.54) is 11.1 Å². The summed E-state index contributed by atoms with van der Waals surface area (Å²) in [5.74, 6) is 1.76. The molecule has 0 atom stereocenters. The average Bonchev–Trinajstić information content (AvgIpc) is 2.68. The number of carbonyl (C=O) groups excluding carboxylic acids is 1. The molecule has 4 nitrogen and oxygen atoms in total. The Morgan fingerprint density at radius 2 is 1.76 bits per heavy atom. The van der Waals surface area contributed by atoms with E-state index in [9.17, 15) is 9.59 Å². The minimum absolute atomic E-state index is 0.0382. The summed E-state index contributed by atoms with van der Waals surface area (Å²) in [7, 11) is 0. The number of nitrogens with one attached hydrogen (secondary N) is 1. The fourth-order valence-corrected chi connectivity index (χ4v) is 4.07. The molecule has 5 heteroatoms. The van der Waals surface area contributed by atoms with Crippen LogP contribution in [0.4, 0.5) is 0 Å². The van der Waals surface area contributed by atoms with Crippen LogP contribution in [0.5, 0.6) is 0 Å².